The van der Waals surface area contributed by atoms with Gasteiger partial charge in [-0.1, -0.05) is 246 Å². The Morgan fingerprint density at radius 1 is 0.288 bits per heavy atom. The Morgan fingerprint density at radius 2 is 0.534 bits per heavy atom. The minimum Gasteiger partial charge on any atom is -0.462 e. The van der Waals surface area contributed by atoms with Crippen molar-refractivity contribution in [1.82, 2.24) is 0 Å². The lowest BCUT2D eigenvalue weighted by atomic mass is 10.1. The molecule has 0 aromatic heterocycles. The van der Waals surface area contributed by atoms with Crippen molar-refractivity contribution in [2.24, 2.45) is 0 Å². The Morgan fingerprint density at radius 3 is 0.877 bits per heavy atom. The second-order valence-electron chi connectivity index (χ2n) is 20.2. The molecule has 6 nitrogen and oxygen atoms in total. The third-order valence-corrected chi connectivity index (χ3v) is 13.0. The minimum absolute atomic E-state index is 0.0936. The maximum absolute atomic E-state index is 12.9. The fourth-order valence-electron chi connectivity index (χ4n) is 8.44. The summed E-state index contributed by atoms with van der Waals surface area (Å²) in [5, 5.41) is 0. The van der Waals surface area contributed by atoms with E-state index in [-0.39, 0.29) is 31.1 Å². The molecule has 0 bridgehead atoms. The van der Waals surface area contributed by atoms with Crippen LogP contribution in [0.3, 0.4) is 0 Å². The summed E-state index contributed by atoms with van der Waals surface area (Å²) in [6.45, 7) is 6.49. The van der Waals surface area contributed by atoms with Crippen molar-refractivity contribution in [2.75, 3.05) is 13.2 Å². The van der Waals surface area contributed by atoms with Crippen molar-refractivity contribution in [2.45, 2.75) is 297 Å². The van der Waals surface area contributed by atoms with Crippen molar-refractivity contribution in [3.8, 4) is 0 Å². The lowest BCUT2D eigenvalue weighted by Crippen LogP contribution is -2.30. The molecule has 73 heavy (non-hydrogen) atoms. The van der Waals surface area contributed by atoms with Gasteiger partial charge in [0.05, 0.1) is 0 Å². The molecule has 1 atom stereocenters. The van der Waals surface area contributed by atoms with Crippen LogP contribution in [0, 0.1) is 0 Å². The van der Waals surface area contributed by atoms with E-state index in [1.165, 1.54) is 141 Å². The zero-order chi connectivity index (χ0) is 52.9. The fourth-order valence-corrected chi connectivity index (χ4v) is 8.44. The summed E-state index contributed by atoms with van der Waals surface area (Å²) in [5.41, 5.74) is 0. The lowest BCUT2D eigenvalue weighted by molar-refractivity contribution is -0.167. The van der Waals surface area contributed by atoms with Crippen LogP contribution >= 0.6 is 0 Å². The molecule has 0 rings (SSSR count). The van der Waals surface area contributed by atoms with E-state index >= 15 is 0 Å². The SMILES string of the molecule is CC/C=C\C/C=C\C/C=C\C/C=C\C/C=C\CCCCCC(=O)OCC(COC(=O)CCCCCCCCC/C=C\CCCCCCCCC)OC(=O)CCCCCCCCC/C=C\C/C=C\CCCCCC. The highest BCUT2D eigenvalue weighted by atomic mass is 16.6. The van der Waals surface area contributed by atoms with Gasteiger partial charge in [0.15, 0.2) is 6.10 Å². The summed E-state index contributed by atoms with van der Waals surface area (Å²) >= 11 is 0. The summed E-state index contributed by atoms with van der Waals surface area (Å²) in [4.78, 5) is 38.3. The van der Waals surface area contributed by atoms with E-state index in [0.717, 1.165) is 109 Å². The molecule has 0 amide bonds. The predicted molar refractivity (Wildman–Crippen MR) is 316 cm³/mol. The van der Waals surface area contributed by atoms with Crippen LogP contribution in [-0.4, -0.2) is 37.2 Å². The molecule has 0 aromatic rings. The summed E-state index contributed by atoms with van der Waals surface area (Å²) in [6.07, 6.45) is 81.1. The van der Waals surface area contributed by atoms with Crippen LogP contribution in [0.15, 0.2) is 97.2 Å². The van der Waals surface area contributed by atoms with Crippen molar-refractivity contribution in [1.29, 1.82) is 0 Å². The Bertz CT molecular complexity index is 1440. The largest absolute Gasteiger partial charge is 0.462 e. The molecule has 1 unspecified atom stereocenters. The van der Waals surface area contributed by atoms with E-state index in [9.17, 15) is 14.4 Å². The number of carbonyl (C=O) groups excluding carboxylic acids is 3. The van der Waals surface area contributed by atoms with Gasteiger partial charge in [-0.3, -0.25) is 14.4 Å². The van der Waals surface area contributed by atoms with Gasteiger partial charge in [-0.2, -0.15) is 0 Å². The van der Waals surface area contributed by atoms with E-state index in [0.29, 0.717) is 19.3 Å². The highest BCUT2D eigenvalue weighted by Crippen LogP contribution is 2.15. The number of hydrogen-bond acceptors (Lipinski definition) is 6. The van der Waals surface area contributed by atoms with Gasteiger partial charge in [0, 0.05) is 19.3 Å². The summed E-state index contributed by atoms with van der Waals surface area (Å²) in [6, 6.07) is 0. The van der Waals surface area contributed by atoms with Crippen LogP contribution in [0.25, 0.3) is 0 Å². The van der Waals surface area contributed by atoms with Gasteiger partial charge in [-0.15, -0.1) is 0 Å². The van der Waals surface area contributed by atoms with E-state index < -0.39 is 6.10 Å². The summed E-state index contributed by atoms with van der Waals surface area (Å²) in [7, 11) is 0. The molecule has 6 heteroatoms. The number of hydrogen-bond donors (Lipinski definition) is 0. The quantitative estimate of drug-likeness (QED) is 0.0261. The summed E-state index contributed by atoms with van der Waals surface area (Å²) < 4.78 is 16.9. The molecule has 0 fully saturated rings. The molecular weight excluding hydrogens is 901 g/mol. The molecule has 0 aliphatic carbocycles. The maximum Gasteiger partial charge on any atom is 0.306 e. The van der Waals surface area contributed by atoms with E-state index in [1.807, 2.05) is 0 Å². The highest BCUT2D eigenvalue weighted by Gasteiger charge is 2.19. The standard InChI is InChI=1S/C67H114O6/c1-4-7-10-13-16-19-22-25-28-31-34-37-39-42-45-48-51-54-57-60-66(69)72-63-64(73-67(70)61-58-55-52-49-46-43-40-36-33-30-27-24-21-18-15-12-9-6-3)62-71-65(68)59-56-53-50-47-44-41-38-35-32-29-26-23-20-17-14-11-8-5-2/h7,10,16,19,21,24-25,28-30,32-34,37,42,45,64H,4-6,8-9,11-15,17-18,20,22-23,26-27,31,35-36,38-41,43-44,46-63H2,1-3H3/b10-7-,19-16-,24-21-,28-25-,32-29-,33-30-,37-34-,45-42-. The average Bonchev–Trinajstić information content (AvgIpc) is 3.39. The normalized spacial score (nSPS) is 12.8. The lowest BCUT2D eigenvalue weighted by Gasteiger charge is -2.18. The second-order valence-corrected chi connectivity index (χ2v) is 20.2. The van der Waals surface area contributed by atoms with Crippen LogP contribution in [0.1, 0.15) is 290 Å². The number of ether oxygens (including phenoxy) is 3. The highest BCUT2D eigenvalue weighted by molar-refractivity contribution is 5.71. The zero-order valence-electron chi connectivity index (χ0n) is 47.9. The third kappa shape index (κ3) is 59.1. The number of carbonyl (C=O) groups is 3. The fraction of sp³-hybridized carbons (Fsp3) is 0.716. The molecule has 0 aliphatic rings. The first-order valence-electron chi connectivity index (χ1n) is 30.7. The van der Waals surface area contributed by atoms with Crippen LogP contribution in [0.5, 0.6) is 0 Å². The topological polar surface area (TPSA) is 78.9 Å². The first-order valence-corrected chi connectivity index (χ1v) is 30.7. The Balaban J connectivity index is 4.47. The van der Waals surface area contributed by atoms with Crippen molar-refractivity contribution < 1.29 is 28.6 Å². The van der Waals surface area contributed by atoms with Crippen molar-refractivity contribution >= 4 is 17.9 Å². The molecule has 0 saturated carbocycles. The number of unbranched alkanes of at least 4 members (excludes halogenated alkanes) is 28. The molecule has 0 heterocycles. The van der Waals surface area contributed by atoms with E-state index in [1.54, 1.807) is 0 Å². The van der Waals surface area contributed by atoms with Crippen LogP contribution < -0.4 is 0 Å². The third-order valence-electron chi connectivity index (χ3n) is 13.0. The number of rotatable bonds is 55. The predicted octanol–water partition coefficient (Wildman–Crippen LogP) is 20.9. The molecule has 0 N–H and O–H groups in total. The van der Waals surface area contributed by atoms with E-state index in [4.69, 9.17) is 14.2 Å². The van der Waals surface area contributed by atoms with Gasteiger partial charge in [-0.25, -0.2) is 0 Å². The van der Waals surface area contributed by atoms with Gasteiger partial charge in [0.2, 0.25) is 0 Å². The van der Waals surface area contributed by atoms with Gasteiger partial charge in [-0.05, 0) is 122 Å². The van der Waals surface area contributed by atoms with E-state index in [2.05, 4.69) is 118 Å². The van der Waals surface area contributed by atoms with Crippen molar-refractivity contribution in [3.05, 3.63) is 97.2 Å². The van der Waals surface area contributed by atoms with Gasteiger partial charge < -0.3 is 14.2 Å². The smallest absolute Gasteiger partial charge is 0.306 e. The summed E-state index contributed by atoms with van der Waals surface area (Å²) in [5.74, 6) is -0.932. The second kappa shape index (κ2) is 60.9. The number of allylic oxidation sites excluding steroid dienone is 16. The van der Waals surface area contributed by atoms with Gasteiger partial charge in [0.1, 0.15) is 13.2 Å². The Kier molecular flexibility index (Phi) is 57.8. The number of esters is 3. The first-order chi connectivity index (χ1) is 36.0. The molecule has 0 saturated heterocycles. The van der Waals surface area contributed by atoms with Gasteiger partial charge in [0.25, 0.3) is 0 Å². The first kappa shape index (κ1) is 69.3. The molecule has 0 radical (unpaired) electrons. The monoisotopic (exact) mass is 1010 g/mol. The minimum atomic E-state index is -0.800. The average molecular weight is 1020 g/mol. The van der Waals surface area contributed by atoms with Crippen LogP contribution in [0.2, 0.25) is 0 Å². The molecule has 418 valence electrons. The maximum atomic E-state index is 12.9. The molecule has 0 aromatic carbocycles. The van der Waals surface area contributed by atoms with Gasteiger partial charge >= 0.3 is 17.9 Å². The Labute approximate surface area is 451 Å². The zero-order valence-corrected chi connectivity index (χ0v) is 47.9. The Hall–Kier alpha value is -3.67. The molecule has 0 spiro atoms. The molecule has 0 aliphatic heterocycles. The van der Waals surface area contributed by atoms with Crippen molar-refractivity contribution in [3.63, 3.8) is 0 Å². The molecular formula is C67H114O6. The van der Waals surface area contributed by atoms with Crippen LogP contribution in [-0.2, 0) is 28.6 Å². The van der Waals surface area contributed by atoms with Crippen LogP contribution in [0.4, 0.5) is 0 Å².